The molecule has 0 aliphatic rings. The predicted octanol–water partition coefficient (Wildman–Crippen LogP) is 2.97. The molecule has 21 heavy (non-hydrogen) atoms. The zero-order chi connectivity index (χ0) is 14.8. The Balaban J connectivity index is 1.75. The maximum absolute atomic E-state index is 12.2. The van der Waals surface area contributed by atoms with Gasteiger partial charge in [-0.15, -0.1) is 0 Å². The van der Waals surface area contributed by atoms with Crippen LogP contribution in [0.5, 0.6) is 0 Å². The lowest BCUT2D eigenvalue weighted by Crippen LogP contribution is -2.23. The molecule has 0 aliphatic heterocycles. The molecule has 1 heterocycles. The van der Waals surface area contributed by atoms with Crippen LogP contribution in [-0.4, -0.2) is 15.6 Å². The number of para-hydroxylation sites is 2. The Bertz CT molecular complexity index is 805. The SMILES string of the molecule is Cc1ccc(CC(=O)Nn2cnc3ccccc32)cc1C. The van der Waals surface area contributed by atoms with Gasteiger partial charge in [-0.1, -0.05) is 30.3 Å². The first-order chi connectivity index (χ1) is 10.1. The van der Waals surface area contributed by atoms with Gasteiger partial charge < -0.3 is 0 Å². The number of carbonyl (C=O) groups excluding carboxylic acids is 1. The van der Waals surface area contributed by atoms with Gasteiger partial charge in [-0.25, -0.2) is 9.66 Å². The van der Waals surface area contributed by atoms with Crippen molar-refractivity contribution in [1.29, 1.82) is 0 Å². The number of nitrogens with one attached hydrogen (secondary N) is 1. The van der Waals surface area contributed by atoms with E-state index in [1.54, 1.807) is 11.0 Å². The molecule has 106 valence electrons. The summed E-state index contributed by atoms with van der Waals surface area (Å²) in [5.74, 6) is -0.0543. The van der Waals surface area contributed by atoms with Gasteiger partial charge in [-0.2, -0.15) is 0 Å². The maximum atomic E-state index is 12.2. The van der Waals surface area contributed by atoms with Crippen LogP contribution in [0.3, 0.4) is 0 Å². The molecule has 0 bridgehead atoms. The first-order valence-electron chi connectivity index (χ1n) is 6.91. The third-order valence-corrected chi connectivity index (χ3v) is 3.63. The van der Waals surface area contributed by atoms with Gasteiger partial charge in [0.05, 0.1) is 17.5 Å². The minimum atomic E-state index is -0.0543. The van der Waals surface area contributed by atoms with E-state index in [9.17, 15) is 4.79 Å². The van der Waals surface area contributed by atoms with E-state index >= 15 is 0 Å². The Hall–Kier alpha value is -2.62. The molecule has 3 aromatic rings. The maximum Gasteiger partial charge on any atom is 0.243 e. The molecule has 4 nitrogen and oxygen atoms in total. The Kier molecular flexibility index (Phi) is 3.44. The molecule has 1 aromatic heterocycles. The second kappa shape index (κ2) is 5.40. The lowest BCUT2D eigenvalue weighted by molar-refractivity contribution is -0.116. The molecule has 0 radical (unpaired) electrons. The minimum Gasteiger partial charge on any atom is -0.273 e. The first kappa shape index (κ1) is 13.4. The Labute approximate surface area is 123 Å². The summed E-state index contributed by atoms with van der Waals surface area (Å²) >= 11 is 0. The second-order valence-corrected chi connectivity index (χ2v) is 5.23. The third-order valence-electron chi connectivity index (χ3n) is 3.63. The van der Waals surface area contributed by atoms with E-state index in [0.29, 0.717) is 6.42 Å². The van der Waals surface area contributed by atoms with Gasteiger partial charge in [0, 0.05) is 0 Å². The van der Waals surface area contributed by atoms with Crippen LogP contribution in [-0.2, 0) is 11.2 Å². The number of hydrogen-bond acceptors (Lipinski definition) is 2. The summed E-state index contributed by atoms with van der Waals surface area (Å²) in [7, 11) is 0. The Morgan fingerprint density at radius 2 is 1.95 bits per heavy atom. The number of aryl methyl sites for hydroxylation is 2. The fraction of sp³-hybridized carbons (Fsp3) is 0.176. The zero-order valence-corrected chi connectivity index (χ0v) is 12.1. The van der Waals surface area contributed by atoms with Crippen molar-refractivity contribution in [3.8, 4) is 0 Å². The molecular weight excluding hydrogens is 262 g/mol. The van der Waals surface area contributed by atoms with Crippen molar-refractivity contribution in [3.05, 3.63) is 65.5 Å². The predicted molar refractivity (Wildman–Crippen MR) is 83.7 cm³/mol. The van der Waals surface area contributed by atoms with Crippen LogP contribution in [0.25, 0.3) is 11.0 Å². The van der Waals surface area contributed by atoms with Gasteiger partial charge in [-0.05, 0) is 42.7 Å². The number of imidazole rings is 1. The summed E-state index contributed by atoms with van der Waals surface area (Å²) in [6, 6.07) is 13.8. The Morgan fingerprint density at radius 3 is 2.76 bits per heavy atom. The van der Waals surface area contributed by atoms with E-state index in [4.69, 9.17) is 0 Å². The molecule has 0 aliphatic carbocycles. The quantitative estimate of drug-likeness (QED) is 0.801. The van der Waals surface area contributed by atoms with E-state index in [-0.39, 0.29) is 5.91 Å². The topological polar surface area (TPSA) is 46.9 Å². The van der Waals surface area contributed by atoms with Gasteiger partial charge in [0.1, 0.15) is 6.33 Å². The number of rotatable bonds is 3. The van der Waals surface area contributed by atoms with Crippen LogP contribution in [0.4, 0.5) is 0 Å². The van der Waals surface area contributed by atoms with Crippen LogP contribution in [0.1, 0.15) is 16.7 Å². The standard InChI is InChI=1S/C17H17N3O/c1-12-7-8-14(9-13(12)2)10-17(21)19-20-11-18-15-5-3-4-6-16(15)20/h3-9,11H,10H2,1-2H3,(H,19,21). The first-order valence-corrected chi connectivity index (χ1v) is 6.91. The van der Waals surface area contributed by atoms with Crippen molar-refractivity contribution in [2.75, 3.05) is 5.43 Å². The van der Waals surface area contributed by atoms with Crippen LogP contribution in [0.2, 0.25) is 0 Å². The van der Waals surface area contributed by atoms with Crippen LogP contribution in [0, 0.1) is 13.8 Å². The number of aromatic nitrogens is 2. The third kappa shape index (κ3) is 2.79. The molecule has 2 aromatic carbocycles. The van der Waals surface area contributed by atoms with Crippen molar-refractivity contribution in [2.45, 2.75) is 20.3 Å². The molecule has 1 amide bonds. The lowest BCUT2D eigenvalue weighted by atomic mass is 10.0. The average Bonchev–Trinajstić information content (AvgIpc) is 2.86. The molecule has 4 heteroatoms. The number of benzene rings is 2. The monoisotopic (exact) mass is 279 g/mol. The largest absolute Gasteiger partial charge is 0.273 e. The molecule has 1 N–H and O–H groups in total. The smallest absolute Gasteiger partial charge is 0.243 e. The van der Waals surface area contributed by atoms with E-state index in [1.807, 2.05) is 36.4 Å². The Morgan fingerprint density at radius 1 is 1.14 bits per heavy atom. The summed E-state index contributed by atoms with van der Waals surface area (Å²) < 4.78 is 1.67. The van der Waals surface area contributed by atoms with E-state index in [0.717, 1.165) is 16.6 Å². The number of amides is 1. The van der Waals surface area contributed by atoms with Gasteiger partial charge in [-0.3, -0.25) is 10.2 Å². The van der Waals surface area contributed by atoms with Crippen molar-refractivity contribution < 1.29 is 4.79 Å². The van der Waals surface area contributed by atoms with Crippen molar-refractivity contribution in [2.24, 2.45) is 0 Å². The minimum absolute atomic E-state index is 0.0543. The van der Waals surface area contributed by atoms with Crippen LogP contribution < -0.4 is 5.43 Å². The fourth-order valence-electron chi connectivity index (χ4n) is 2.32. The average molecular weight is 279 g/mol. The number of nitrogens with zero attached hydrogens (tertiary/aromatic N) is 2. The fourth-order valence-corrected chi connectivity index (χ4v) is 2.32. The van der Waals surface area contributed by atoms with E-state index < -0.39 is 0 Å². The van der Waals surface area contributed by atoms with Gasteiger partial charge in [0.25, 0.3) is 0 Å². The molecule has 0 spiro atoms. The zero-order valence-electron chi connectivity index (χ0n) is 12.1. The highest BCUT2D eigenvalue weighted by Crippen LogP contribution is 2.12. The van der Waals surface area contributed by atoms with Crippen LogP contribution in [0.15, 0.2) is 48.8 Å². The van der Waals surface area contributed by atoms with Crippen molar-refractivity contribution in [1.82, 2.24) is 9.66 Å². The molecular formula is C17H17N3O. The molecule has 0 saturated heterocycles. The lowest BCUT2D eigenvalue weighted by Gasteiger charge is -2.08. The molecule has 3 rings (SSSR count). The van der Waals surface area contributed by atoms with Gasteiger partial charge in [0.15, 0.2) is 0 Å². The number of fused-ring (bicyclic) bond motifs is 1. The van der Waals surface area contributed by atoms with E-state index in [1.165, 1.54) is 11.1 Å². The summed E-state index contributed by atoms with van der Waals surface area (Å²) in [5, 5.41) is 0. The van der Waals surface area contributed by atoms with Crippen molar-refractivity contribution in [3.63, 3.8) is 0 Å². The second-order valence-electron chi connectivity index (χ2n) is 5.23. The molecule has 0 saturated carbocycles. The normalized spacial score (nSPS) is 10.8. The highest BCUT2D eigenvalue weighted by Gasteiger charge is 2.07. The molecule has 0 unspecified atom stereocenters. The molecule has 0 atom stereocenters. The number of carbonyl (C=O) groups is 1. The van der Waals surface area contributed by atoms with Crippen molar-refractivity contribution >= 4 is 16.9 Å². The summed E-state index contributed by atoms with van der Waals surface area (Å²) in [4.78, 5) is 16.4. The van der Waals surface area contributed by atoms with Gasteiger partial charge >= 0.3 is 0 Å². The molecule has 0 fully saturated rings. The summed E-state index contributed by atoms with van der Waals surface area (Å²) in [6.45, 7) is 4.12. The summed E-state index contributed by atoms with van der Waals surface area (Å²) in [6.07, 6.45) is 1.98. The van der Waals surface area contributed by atoms with E-state index in [2.05, 4.69) is 30.3 Å². The highest BCUT2D eigenvalue weighted by molar-refractivity contribution is 5.88. The van der Waals surface area contributed by atoms with Gasteiger partial charge in [0.2, 0.25) is 5.91 Å². The summed E-state index contributed by atoms with van der Waals surface area (Å²) in [5.41, 5.74) is 8.07. The van der Waals surface area contributed by atoms with Crippen LogP contribution >= 0.6 is 0 Å². The highest BCUT2D eigenvalue weighted by atomic mass is 16.2. The number of hydrogen-bond donors (Lipinski definition) is 1.